The summed E-state index contributed by atoms with van der Waals surface area (Å²) in [7, 11) is 0. The Balaban J connectivity index is 0.00000243. The second kappa shape index (κ2) is 10.2. The fourth-order valence-electron chi connectivity index (χ4n) is 2.95. The normalized spacial score (nSPS) is 15.2. The lowest BCUT2D eigenvalue weighted by atomic mass is 9.96. The molecule has 1 heterocycles. The van der Waals surface area contributed by atoms with Gasteiger partial charge in [-0.3, -0.25) is 9.67 Å². The standard InChI is InChI=1S/C19H26ClN5.HI/c1-2-21-18(22-11-3-13-25-14-4-12-24-25)23-15-19(9-10-19)16-5-7-17(20)8-6-16;/h4-8,12,14H,2-3,9-11,13,15H2,1H3,(H2,21,22,23);1H. The molecule has 1 aliphatic carbocycles. The highest BCUT2D eigenvalue weighted by Gasteiger charge is 2.44. The van der Waals surface area contributed by atoms with E-state index in [4.69, 9.17) is 16.6 Å². The molecule has 1 aliphatic rings. The van der Waals surface area contributed by atoms with Crippen LogP contribution in [0.1, 0.15) is 31.7 Å². The van der Waals surface area contributed by atoms with Crippen molar-refractivity contribution in [1.29, 1.82) is 0 Å². The SMILES string of the molecule is CCNC(=NCC1(c2ccc(Cl)cc2)CC1)NCCCn1cccn1.I. The third kappa shape index (κ3) is 5.87. The maximum atomic E-state index is 6.01. The first-order valence-electron chi connectivity index (χ1n) is 8.97. The summed E-state index contributed by atoms with van der Waals surface area (Å²) >= 11 is 6.01. The van der Waals surface area contributed by atoms with Crippen molar-refractivity contribution in [3.8, 4) is 0 Å². The van der Waals surface area contributed by atoms with E-state index < -0.39 is 0 Å². The van der Waals surface area contributed by atoms with Gasteiger partial charge in [0.1, 0.15) is 0 Å². The molecule has 0 bridgehead atoms. The van der Waals surface area contributed by atoms with Crippen LogP contribution in [-0.2, 0) is 12.0 Å². The molecule has 2 aromatic rings. The molecule has 142 valence electrons. The number of aryl methyl sites for hydroxylation is 1. The monoisotopic (exact) mass is 487 g/mol. The largest absolute Gasteiger partial charge is 0.357 e. The van der Waals surface area contributed by atoms with E-state index in [1.54, 1.807) is 0 Å². The summed E-state index contributed by atoms with van der Waals surface area (Å²) in [6.45, 7) is 5.54. The first kappa shape index (κ1) is 21.0. The summed E-state index contributed by atoms with van der Waals surface area (Å²) in [5.74, 6) is 0.892. The quantitative estimate of drug-likeness (QED) is 0.258. The van der Waals surface area contributed by atoms with Gasteiger partial charge in [-0.15, -0.1) is 24.0 Å². The van der Waals surface area contributed by atoms with E-state index >= 15 is 0 Å². The van der Waals surface area contributed by atoms with Crippen LogP contribution in [0.15, 0.2) is 47.7 Å². The van der Waals surface area contributed by atoms with Gasteiger partial charge in [0.2, 0.25) is 0 Å². The minimum Gasteiger partial charge on any atom is -0.357 e. The summed E-state index contributed by atoms with van der Waals surface area (Å²) in [5, 5.41) is 11.8. The predicted octanol–water partition coefficient (Wildman–Crippen LogP) is 3.83. The molecule has 0 aliphatic heterocycles. The smallest absolute Gasteiger partial charge is 0.191 e. The van der Waals surface area contributed by atoms with Crippen molar-refractivity contribution in [2.45, 2.75) is 38.1 Å². The molecule has 1 saturated carbocycles. The summed E-state index contributed by atoms with van der Waals surface area (Å²) in [6.07, 6.45) is 7.19. The molecule has 3 rings (SSSR count). The van der Waals surface area contributed by atoms with Crippen LogP contribution in [0, 0.1) is 0 Å². The Bertz CT molecular complexity index is 680. The third-order valence-electron chi connectivity index (χ3n) is 4.61. The van der Waals surface area contributed by atoms with E-state index in [0.29, 0.717) is 0 Å². The molecular weight excluding hydrogens is 461 g/mol. The molecule has 5 nitrogen and oxygen atoms in total. The third-order valence-corrected chi connectivity index (χ3v) is 4.86. The van der Waals surface area contributed by atoms with Gasteiger partial charge >= 0.3 is 0 Å². The highest BCUT2D eigenvalue weighted by Crippen LogP contribution is 2.48. The first-order valence-corrected chi connectivity index (χ1v) is 9.35. The van der Waals surface area contributed by atoms with Crippen LogP contribution in [0.25, 0.3) is 0 Å². The molecular formula is C19H27ClIN5. The molecule has 1 fully saturated rings. The maximum Gasteiger partial charge on any atom is 0.191 e. The van der Waals surface area contributed by atoms with Gasteiger partial charge in [0.25, 0.3) is 0 Å². The van der Waals surface area contributed by atoms with Crippen LogP contribution in [0.3, 0.4) is 0 Å². The van der Waals surface area contributed by atoms with Crippen LogP contribution in [0.2, 0.25) is 5.02 Å². The van der Waals surface area contributed by atoms with Crippen molar-refractivity contribution in [2.75, 3.05) is 19.6 Å². The highest BCUT2D eigenvalue weighted by atomic mass is 127. The number of hydrogen-bond donors (Lipinski definition) is 2. The summed E-state index contributed by atoms with van der Waals surface area (Å²) in [6, 6.07) is 10.2. The average Bonchev–Trinajstić information content (AvgIpc) is 3.23. The van der Waals surface area contributed by atoms with Gasteiger partial charge in [-0.1, -0.05) is 23.7 Å². The lowest BCUT2D eigenvalue weighted by Crippen LogP contribution is -2.38. The number of aliphatic imine (C=N–C) groups is 1. The van der Waals surface area contributed by atoms with Gasteiger partial charge in [0.15, 0.2) is 5.96 Å². The molecule has 0 radical (unpaired) electrons. The molecule has 0 saturated heterocycles. The molecule has 0 unspecified atom stereocenters. The van der Waals surface area contributed by atoms with E-state index in [9.17, 15) is 0 Å². The van der Waals surface area contributed by atoms with Gasteiger partial charge in [-0.25, -0.2) is 0 Å². The Labute approximate surface area is 177 Å². The zero-order chi connectivity index (χ0) is 17.5. The zero-order valence-corrected chi connectivity index (χ0v) is 18.2. The highest BCUT2D eigenvalue weighted by molar-refractivity contribution is 14.0. The average molecular weight is 488 g/mol. The van der Waals surface area contributed by atoms with Gasteiger partial charge in [-0.2, -0.15) is 5.10 Å². The van der Waals surface area contributed by atoms with Crippen molar-refractivity contribution in [3.05, 3.63) is 53.3 Å². The Hall–Kier alpha value is -1.28. The van der Waals surface area contributed by atoms with Gasteiger partial charge in [0, 0.05) is 42.5 Å². The maximum absolute atomic E-state index is 6.01. The van der Waals surface area contributed by atoms with E-state index in [0.717, 1.165) is 43.6 Å². The Morgan fingerprint density at radius 2 is 2.04 bits per heavy atom. The van der Waals surface area contributed by atoms with Crippen molar-refractivity contribution in [2.24, 2.45) is 4.99 Å². The molecule has 1 aromatic heterocycles. The van der Waals surface area contributed by atoms with Gasteiger partial charge in [0.05, 0.1) is 6.54 Å². The van der Waals surface area contributed by atoms with Gasteiger partial charge in [-0.05, 0) is 49.9 Å². The molecule has 0 spiro atoms. The van der Waals surface area contributed by atoms with Crippen LogP contribution < -0.4 is 10.6 Å². The van der Waals surface area contributed by atoms with Crippen molar-refractivity contribution in [1.82, 2.24) is 20.4 Å². The van der Waals surface area contributed by atoms with E-state index in [1.807, 2.05) is 35.3 Å². The second-order valence-corrected chi connectivity index (χ2v) is 6.97. The van der Waals surface area contributed by atoms with Crippen LogP contribution >= 0.6 is 35.6 Å². The molecule has 1 aromatic carbocycles. The van der Waals surface area contributed by atoms with Gasteiger partial charge < -0.3 is 10.6 Å². The van der Waals surface area contributed by atoms with E-state index in [1.165, 1.54) is 18.4 Å². The summed E-state index contributed by atoms with van der Waals surface area (Å²) < 4.78 is 1.95. The van der Waals surface area contributed by atoms with Crippen molar-refractivity contribution >= 4 is 41.5 Å². The number of guanidine groups is 1. The molecule has 26 heavy (non-hydrogen) atoms. The minimum atomic E-state index is 0. The number of nitrogens with zero attached hydrogens (tertiary/aromatic N) is 3. The number of rotatable bonds is 8. The van der Waals surface area contributed by atoms with E-state index in [-0.39, 0.29) is 29.4 Å². The first-order chi connectivity index (χ1) is 12.2. The Morgan fingerprint density at radius 3 is 2.65 bits per heavy atom. The summed E-state index contributed by atoms with van der Waals surface area (Å²) in [5.41, 5.74) is 1.54. The number of halogens is 2. The van der Waals surface area contributed by atoms with E-state index in [2.05, 4.69) is 34.8 Å². The zero-order valence-electron chi connectivity index (χ0n) is 15.1. The molecule has 0 amide bonds. The molecule has 0 atom stereocenters. The lowest BCUT2D eigenvalue weighted by Gasteiger charge is -2.16. The number of nitrogens with one attached hydrogen (secondary N) is 2. The lowest BCUT2D eigenvalue weighted by molar-refractivity contribution is 0.569. The number of hydrogen-bond acceptors (Lipinski definition) is 2. The number of aromatic nitrogens is 2. The van der Waals surface area contributed by atoms with Crippen LogP contribution in [0.4, 0.5) is 0 Å². The fourth-order valence-corrected chi connectivity index (χ4v) is 3.07. The van der Waals surface area contributed by atoms with Crippen LogP contribution in [-0.4, -0.2) is 35.4 Å². The van der Waals surface area contributed by atoms with Crippen molar-refractivity contribution < 1.29 is 0 Å². The predicted molar refractivity (Wildman–Crippen MR) is 119 cm³/mol. The fraction of sp³-hybridized carbons (Fsp3) is 0.474. The summed E-state index contributed by atoms with van der Waals surface area (Å²) in [4.78, 5) is 4.82. The topological polar surface area (TPSA) is 54.2 Å². The Kier molecular flexibility index (Phi) is 8.21. The molecule has 7 heteroatoms. The second-order valence-electron chi connectivity index (χ2n) is 6.53. The molecule has 2 N–H and O–H groups in total. The minimum absolute atomic E-state index is 0. The number of benzene rings is 1. The van der Waals surface area contributed by atoms with Crippen molar-refractivity contribution in [3.63, 3.8) is 0 Å². The Morgan fingerprint density at radius 1 is 1.27 bits per heavy atom. The van der Waals surface area contributed by atoms with Crippen LogP contribution in [0.5, 0.6) is 0 Å².